The number of halogens is 1. The maximum absolute atomic E-state index is 9.89. The normalized spacial score (nSPS) is 14.2. The molecule has 13 heavy (non-hydrogen) atoms. The predicted octanol–water partition coefficient (Wildman–Crippen LogP) is 2.92. The molecule has 3 heteroatoms. The van der Waals surface area contributed by atoms with E-state index in [9.17, 15) is 5.11 Å². The zero-order valence-electron chi connectivity index (χ0n) is 8.08. The topological polar surface area (TPSA) is 33.1 Å². The van der Waals surface area contributed by atoms with Crippen molar-refractivity contribution >= 4 is 15.9 Å². The Bertz CT molecular complexity index is 276. The fraction of sp³-hybridized carbons (Fsp3) is 0.500. The molecule has 0 bridgehead atoms. The van der Waals surface area contributed by atoms with E-state index < -0.39 is 6.10 Å². The summed E-state index contributed by atoms with van der Waals surface area (Å²) in [5.74, 6) is 0. The third-order valence-electron chi connectivity index (χ3n) is 1.89. The molecule has 1 aromatic rings. The van der Waals surface area contributed by atoms with Crippen LogP contribution < -0.4 is 0 Å². The summed E-state index contributed by atoms with van der Waals surface area (Å²) in [7, 11) is 0. The van der Waals surface area contributed by atoms with E-state index in [1.165, 1.54) is 0 Å². The van der Waals surface area contributed by atoms with Crippen LogP contribution in [-0.4, -0.2) is 10.1 Å². The lowest BCUT2D eigenvalue weighted by Gasteiger charge is -2.25. The van der Waals surface area contributed by atoms with Crippen LogP contribution in [-0.2, 0) is 0 Å². The summed E-state index contributed by atoms with van der Waals surface area (Å²) in [6, 6.07) is 3.72. The van der Waals surface area contributed by atoms with Gasteiger partial charge in [-0.25, -0.2) is 4.98 Å². The van der Waals surface area contributed by atoms with Gasteiger partial charge >= 0.3 is 0 Å². The van der Waals surface area contributed by atoms with Crippen LogP contribution in [0.1, 0.15) is 32.4 Å². The van der Waals surface area contributed by atoms with E-state index in [1.807, 2.05) is 32.9 Å². The lowest BCUT2D eigenvalue weighted by atomic mass is 9.85. The zero-order chi connectivity index (χ0) is 10.1. The molecule has 1 atom stereocenters. The van der Waals surface area contributed by atoms with E-state index in [4.69, 9.17) is 0 Å². The molecule has 0 saturated heterocycles. The van der Waals surface area contributed by atoms with Crippen molar-refractivity contribution < 1.29 is 5.11 Å². The Morgan fingerprint density at radius 3 is 2.38 bits per heavy atom. The van der Waals surface area contributed by atoms with E-state index in [1.54, 1.807) is 6.20 Å². The van der Waals surface area contributed by atoms with Crippen LogP contribution in [0.4, 0.5) is 0 Å². The van der Waals surface area contributed by atoms with Gasteiger partial charge in [-0.3, -0.25) is 0 Å². The second-order valence-electron chi connectivity index (χ2n) is 4.18. The van der Waals surface area contributed by atoms with Crippen molar-refractivity contribution in [2.45, 2.75) is 26.9 Å². The van der Waals surface area contributed by atoms with E-state index in [0.717, 1.165) is 10.2 Å². The van der Waals surface area contributed by atoms with Gasteiger partial charge in [0, 0.05) is 6.20 Å². The number of hydrogen-bond acceptors (Lipinski definition) is 2. The average molecular weight is 244 g/mol. The van der Waals surface area contributed by atoms with E-state index in [-0.39, 0.29) is 5.41 Å². The summed E-state index contributed by atoms with van der Waals surface area (Å²) in [5, 5.41) is 9.89. The number of hydrogen-bond donors (Lipinski definition) is 1. The highest BCUT2D eigenvalue weighted by atomic mass is 79.9. The first-order valence-corrected chi connectivity index (χ1v) is 5.00. The lowest BCUT2D eigenvalue weighted by Crippen LogP contribution is -2.17. The molecule has 0 saturated carbocycles. The first-order valence-electron chi connectivity index (χ1n) is 4.21. The van der Waals surface area contributed by atoms with Crippen molar-refractivity contribution in [3.05, 3.63) is 28.5 Å². The highest BCUT2D eigenvalue weighted by Gasteiger charge is 2.23. The monoisotopic (exact) mass is 243 g/mol. The van der Waals surface area contributed by atoms with Crippen molar-refractivity contribution in [2.75, 3.05) is 0 Å². The molecule has 0 aliphatic carbocycles. The summed E-state index contributed by atoms with van der Waals surface area (Å²) >= 11 is 3.25. The minimum absolute atomic E-state index is 0.143. The van der Waals surface area contributed by atoms with Crippen LogP contribution in [0.15, 0.2) is 22.9 Å². The van der Waals surface area contributed by atoms with Gasteiger partial charge < -0.3 is 5.11 Å². The zero-order valence-corrected chi connectivity index (χ0v) is 9.67. The van der Waals surface area contributed by atoms with Gasteiger partial charge in [-0.1, -0.05) is 26.8 Å². The second-order valence-corrected chi connectivity index (χ2v) is 5.00. The molecule has 0 amide bonds. The van der Waals surface area contributed by atoms with E-state index in [2.05, 4.69) is 20.9 Å². The largest absolute Gasteiger partial charge is 0.388 e. The number of rotatable bonds is 1. The molecule has 0 aromatic carbocycles. The quantitative estimate of drug-likeness (QED) is 0.770. The molecule has 72 valence electrons. The summed E-state index contributed by atoms with van der Waals surface area (Å²) in [4.78, 5) is 4.07. The SMILES string of the molecule is CC(C)(C)C(O)c1ccc(Br)nc1. The molecule has 2 nitrogen and oxygen atoms in total. The number of aliphatic hydroxyl groups is 1. The van der Waals surface area contributed by atoms with E-state index in [0.29, 0.717) is 0 Å². The molecule has 0 spiro atoms. The third kappa shape index (κ3) is 2.78. The van der Waals surface area contributed by atoms with Crippen molar-refractivity contribution in [2.24, 2.45) is 5.41 Å². The minimum Gasteiger partial charge on any atom is -0.388 e. The van der Waals surface area contributed by atoms with Gasteiger partial charge in [-0.15, -0.1) is 0 Å². The van der Waals surface area contributed by atoms with Crippen LogP contribution >= 0.6 is 15.9 Å². The Morgan fingerprint density at radius 1 is 1.38 bits per heavy atom. The highest BCUT2D eigenvalue weighted by Crippen LogP contribution is 2.32. The maximum atomic E-state index is 9.89. The lowest BCUT2D eigenvalue weighted by molar-refractivity contribution is 0.0623. The van der Waals surface area contributed by atoms with Gasteiger partial charge in [0.05, 0.1) is 6.10 Å². The molecule has 0 aliphatic rings. The Hall–Kier alpha value is -0.410. The summed E-state index contributed by atoms with van der Waals surface area (Å²) < 4.78 is 0.789. The Morgan fingerprint density at radius 2 is 2.00 bits per heavy atom. The molecule has 1 heterocycles. The molecule has 1 N–H and O–H groups in total. The number of aliphatic hydroxyl groups excluding tert-OH is 1. The third-order valence-corrected chi connectivity index (χ3v) is 2.36. The molecule has 1 rings (SSSR count). The first kappa shape index (κ1) is 10.7. The number of aromatic nitrogens is 1. The van der Waals surface area contributed by atoms with Gasteiger partial charge in [-0.2, -0.15) is 0 Å². The summed E-state index contributed by atoms with van der Waals surface area (Å²) in [6.45, 7) is 6.00. The maximum Gasteiger partial charge on any atom is 0.106 e. The number of pyridine rings is 1. The fourth-order valence-corrected chi connectivity index (χ4v) is 1.28. The van der Waals surface area contributed by atoms with Gasteiger partial charge in [0.2, 0.25) is 0 Å². The predicted molar refractivity (Wildman–Crippen MR) is 56.4 cm³/mol. The van der Waals surface area contributed by atoms with Gasteiger partial charge in [0.25, 0.3) is 0 Å². The molecular formula is C10H14BrNO. The van der Waals surface area contributed by atoms with Gasteiger partial charge in [0.15, 0.2) is 0 Å². The Labute approximate surface area is 87.1 Å². The average Bonchev–Trinajstić information content (AvgIpc) is 2.03. The van der Waals surface area contributed by atoms with Crippen molar-refractivity contribution in [1.29, 1.82) is 0 Å². The van der Waals surface area contributed by atoms with Crippen molar-refractivity contribution in [3.63, 3.8) is 0 Å². The Kier molecular flexibility index (Phi) is 3.09. The van der Waals surface area contributed by atoms with Gasteiger partial charge in [-0.05, 0) is 33.0 Å². The van der Waals surface area contributed by atoms with Gasteiger partial charge in [0.1, 0.15) is 4.60 Å². The van der Waals surface area contributed by atoms with Crippen LogP contribution in [0, 0.1) is 5.41 Å². The smallest absolute Gasteiger partial charge is 0.106 e. The van der Waals surface area contributed by atoms with Crippen molar-refractivity contribution in [1.82, 2.24) is 4.98 Å². The molecule has 0 fully saturated rings. The number of nitrogens with zero attached hydrogens (tertiary/aromatic N) is 1. The molecular weight excluding hydrogens is 230 g/mol. The molecule has 0 aliphatic heterocycles. The van der Waals surface area contributed by atoms with Crippen LogP contribution in [0.25, 0.3) is 0 Å². The van der Waals surface area contributed by atoms with Crippen LogP contribution in [0.5, 0.6) is 0 Å². The second kappa shape index (κ2) is 3.76. The first-order chi connectivity index (χ1) is 5.91. The van der Waals surface area contributed by atoms with Crippen molar-refractivity contribution in [3.8, 4) is 0 Å². The summed E-state index contributed by atoms with van der Waals surface area (Å²) in [5.41, 5.74) is 0.714. The Balaban J connectivity index is 2.90. The van der Waals surface area contributed by atoms with Crippen LogP contribution in [0.2, 0.25) is 0 Å². The molecule has 1 unspecified atom stereocenters. The molecule has 1 aromatic heterocycles. The van der Waals surface area contributed by atoms with Crippen LogP contribution in [0.3, 0.4) is 0 Å². The fourth-order valence-electron chi connectivity index (χ4n) is 1.05. The van der Waals surface area contributed by atoms with E-state index >= 15 is 0 Å². The highest BCUT2D eigenvalue weighted by molar-refractivity contribution is 9.10. The molecule has 0 radical (unpaired) electrons. The summed E-state index contributed by atoms with van der Waals surface area (Å²) in [6.07, 6.45) is 1.23. The minimum atomic E-state index is -0.465. The standard InChI is InChI=1S/C10H14BrNO/c1-10(2,3)9(13)7-4-5-8(11)12-6-7/h4-6,9,13H,1-3H3.